The molecule has 0 radical (unpaired) electrons. The molecule has 3 rings (SSSR count). The first-order valence-corrected chi connectivity index (χ1v) is 6.52. The van der Waals surface area contributed by atoms with Crippen molar-refractivity contribution < 1.29 is 9.15 Å². The largest absolute Gasteiger partial charge is 0.492 e. The Morgan fingerprint density at radius 2 is 2.00 bits per heavy atom. The average Bonchev–Trinajstić information content (AvgIpc) is 2.75. The fourth-order valence-electron chi connectivity index (χ4n) is 2.19. The Morgan fingerprint density at radius 3 is 2.85 bits per heavy atom. The third-order valence-corrected chi connectivity index (χ3v) is 3.15. The first-order valence-electron chi connectivity index (χ1n) is 6.52. The van der Waals surface area contributed by atoms with Gasteiger partial charge < -0.3 is 9.15 Å². The van der Waals surface area contributed by atoms with Crippen LogP contribution in [0.5, 0.6) is 5.75 Å². The van der Waals surface area contributed by atoms with E-state index in [1.54, 1.807) is 10.6 Å². The van der Waals surface area contributed by atoms with Crippen molar-refractivity contribution in [2.24, 2.45) is 0 Å². The zero-order chi connectivity index (χ0) is 13.9. The van der Waals surface area contributed by atoms with Crippen molar-refractivity contribution in [1.82, 2.24) is 4.57 Å². The van der Waals surface area contributed by atoms with Gasteiger partial charge in [0.05, 0.1) is 12.1 Å². The third-order valence-electron chi connectivity index (χ3n) is 3.15. The molecule has 102 valence electrons. The molecule has 0 saturated carbocycles. The predicted octanol–water partition coefficient (Wildman–Crippen LogP) is 2.98. The lowest BCUT2D eigenvalue weighted by Gasteiger charge is -2.07. The number of nitrogens with zero attached hydrogens (tertiary/aromatic N) is 1. The fourth-order valence-corrected chi connectivity index (χ4v) is 2.19. The second-order valence-corrected chi connectivity index (χ2v) is 4.65. The second kappa shape index (κ2) is 5.25. The Labute approximate surface area is 116 Å². The maximum atomic E-state index is 11.8. The first kappa shape index (κ1) is 12.5. The number of oxazole rings is 1. The SMILES string of the molecule is Cc1cccc(OCCn2c(=O)oc3ccccc32)c1. The highest BCUT2D eigenvalue weighted by atomic mass is 16.5. The lowest BCUT2D eigenvalue weighted by molar-refractivity contribution is 0.294. The van der Waals surface area contributed by atoms with Gasteiger partial charge in [0, 0.05) is 0 Å². The molecule has 0 aliphatic rings. The minimum Gasteiger partial charge on any atom is -0.492 e. The van der Waals surface area contributed by atoms with Crippen LogP contribution in [0.4, 0.5) is 0 Å². The van der Waals surface area contributed by atoms with Crippen LogP contribution in [0, 0.1) is 6.92 Å². The van der Waals surface area contributed by atoms with Crippen molar-refractivity contribution in [3.63, 3.8) is 0 Å². The Bertz CT molecular complexity index is 786. The van der Waals surface area contributed by atoms with Gasteiger partial charge in [-0.1, -0.05) is 24.3 Å². The van der Waals surface area contributed by atoms with Crippen LogP contribution in [0.3, 0.4) is 0 Å². The highest BCUT2D eigenvalue weighted by molar-refractivity contribution is 5.72. The van der Waals surface area contributed by atoms with Crippen LogP contribution in [-0.4, -0.2) is 11.2 Å². The summed E-state index contributed by atoms with van der Waals surface area (Å²) in [4.78, 5) is 11.8. The molecule has 2 aromatic carbocycles. The third kappa shape index (κ3) is 2.45. The number of ether oxygens (including phenoxy) is 1. The summed E-state index contributed by atoms with van der Waals surface area (Å²) >= 11 is 0. The fraction of sp³-hybridized carbons (Fsp3) is 0.188. The molecular formula is C16H15NO3. The molecular weight excluding hydrogens is 254 g/mol. The topological polar surface area (TPSA) is 44.4 Å². The van der Waals surface area contributed by atoms with Crippen LogP contribution in [0.15, 0.2) is 57.7 Å². The smallest absolute Gasteiger partial charge is 0.420 e. The van der Waals surface area contributed by atoms with Crippen molar-refractivity contribution in [2.75, 3.05) is 6.61 Å². The van der Waals surface area contributed by atoms with Crippen molar-refractivity contribution in [3.8, 4) is 5.75 Å². The monoisotopic (exact) mass is 269 g/mol. The molecule has 0 bridgehead atoms. The van der Waals surface area contributed by atoms with Gasteiger partial charge in [0.1, 0.15) is 12.4 Å². The van der Waals surface area contributed by atoms with Gasteiger partial charge in [0.25, 0.3) is 0 Å². The van der Waals surface area contributed by atoms with Gasteiger partial charge in [-0.05, 0) is 36.8 Å². The molecule has 0 amide bonds. The standard InChI is InChI=1S/C16H15NO3/c1-12-5-4-6-13(11-12)19-10-9-17-14-7-2-3-8-15(14)20-16(17)18/h2-8,11H,9-10H2,1H3. The molecule has 4 nitrogen and oxygen atoms in total. The number of benzene rings is 2. The van der Waals surface area contributed by atoms with Gasteiger partial charge in [0.2, 0.25) is 0 Å². The van der Waals surface area contributed by atoms with Crippen LogP contribution >= 0.6 is 0 Å². The molecule has 0 aliphatic heterocycles. The van der Waals surface area contributed by atoms with Crippen molar-refractivity contribution in [3.05, 3.63) is 64.6 Å². The van der Waals surface area contributed by atoms with E-state index in [9.17, 15) is 4.79 Å². The summed E-state index contributed by atoms with van der Waals surface area (Å²) < 4.78 is 12.4. The van der Waals surface area contributed by atoms with E-state index in [-0.39, 0.29) is 5.76 Å². The van der Waals surface area contributed by atoms with E-state index in [1.807, 2.05) is 49.4 Å². The molecule has 3 aromatic rings. The van der Waals surface area contributed by atoms with E-state index in [4.69, 9.17) is 9.15 Å². The van der Waals surface area contributed by atoms with E-state index in [0.717, 1.165) is 16.8 Å². The quantitative estimate of drug-likeness (QED) is 0.731. The maximum Gasteiger partial charge on any atom is 0.420 e. The minimum absolute atomic E-state index is 0.348. The summed E-state index contributed by atoms with van der Waals surface area (Å²) in [6.45, 7) is 2.90. The Morgan fingerprint density at radius 1 is 1.15 bits per heavy atom. The Balaban J connectivity index is 1.74. The highest BCUT2D eigenvalue weighted by Gasteiger charge is 2.07. The van der Waals surface area contributed by atoms with E-state index in [1.165, 1.54) is 0 Å². The molecule has 0 spiro atoms. The predicted molar refractivity (Wildman–Crippen MR) is 77.1 cm³/mol. The molecule has 0 atom stereocenters. The van der Waals surface area contributed by atoms with Gasteiger partial charge in [-0.2, -0.15) is 0 Å². The molecule has 20 heavy (non-hydrogen) atoms. The number of aryl methyl sites for hydroxylation is 1. The van der Waals surface area contributed by atoms with Gasteiger partial charge in [-0.3, -0.25) is 4.57 Å². The van der Waals surface area contributed by atoms with Crippen molar-refractivity contribution >= 4 is 11.1 Å². The zero-order valence-electron chi connectivity index (χ0n) is 11.2. The average molecular weight is 269 g/mol. The van der Waals surface area contributed by atoms with Crippen LogP contribution in [0.25, 0.3) is 11.1 Å². The molecule has 0 N–H and O–H groups in total. The molecule has 0 fully saturated rings. The molecule has 0 saturated heterocycles. The minimum atomic E-state index is -0.348. The number of fused-ring (bicyclic) bond motifs is 1. The van der Waals surface area contributed by atoms with Gasteiger partial charge >= 0.3 is 5.76 Å². The lowest BCUT2D eigenvalue weighted by Crippen LogP contribution is -2.18. The Hall–Kier alpha value is -2.49. The summed E-state index contributed by atoms with van der Waals surface area (Å²) in [6, 6.07) is 15.2. The molecule has 0 unspecified atom stereocenters. The summed E-state index contributed by atoms with van der Waals surface area (Å²) in [5.74, 6) is 0.463. The molecule has 0 aliphatic carbocycles. The van der Waals surface area contributed by atoms with Gasteiger partial charge in [0.15, 0.2) is 5.58 Å². The normalized spacial score (nSPS) is 10.8. The van der Waals surface area contributed by atoms with Crippen LogP contribution in [0.2, 0.25) is 0 Å². The van der Waals surface area contributed by atoms with E-state index in [2.05, 4.69) is 0 Å². The number of hydrogen-bond acceptors (Lipinski definition) is 3. The summed E-state index contributed by atoms with van der Waals surface area (Å²) in [6.07, 6.45) is 0. The zero-order valence-corrected chi connectivity index (χ0v) is 11.2. The first-order chi connectivity index (χ1) is 9.74. The Kier molecular flexibility index (Phi) is 3.29. The summed E-state index contributed by atoms with van der Waals surface area (Å²) in [7, 11) is 0. The highest BCUT2D eigenvalue weighted by Crippen LogP contribution is 2.14. The number of rotatable bonds is 4. The van der Waals surface area contributed by atoms with Crippen LogP contribution in [0.1, 0.15) is 5.56 Å². The van der Waals surface area contributed by atoms with Gasteiger partial charge in [-0.25, -0.2) is 4.79 Å². The van der Waals surface area contributed by atoms with Crippen LogP contribution in [-0.2, 0) is 6.54 Å². The molecule has 1 aromatic heterocycles. The van der Waals surface area contributed by atoms with Crippen molar-refractivity contribution in [1.29, 1.82) is 0 Å². The van der Waals surface area contributed by atoms with E-state index >= 15 is 0 Å². The molecule has 1 heterocycles. The number of para-hydroxylation sites is 2. The van der Waals surface area contributed by atoms with Crippen molar-refractivity contribution in [2.45, 2.75) is 13.5 Å². The number of aromatic nitrogens is 1. The number of hydrogen-bond donors (Lipinski definition) is 0. The summed E-state index contributed by atoms with van der Waals surface area (Å²) in [5, 5.41) is 0. The maximum absolute atomic E-state index is 11.8. The van der Waals surface area contributed by atoms with Crippen LogP contribution < -0.4 is 10.5 Å². The van der Waals surface area contributed by atoms with E-state index in [0.29, 0.717) is 18.7 Å². The lowest BCUT2D eigenvalue weighted by atomic mass is 10.2. The van der Waals surface area contributed by atoms with Gasteiger partial charge in [-0.15, -0.1) is 0 Å². The van der Waals surface area contributed by atoms with E-state index < -0.39 is 0 Å². The molecule has 4 heteroatoms. The summed E-state index contributed by atoms with van der Waals surface area (Å²) in [5.41, 5.74) is 2.55. The second-order valence-electron chi connectivity index (χ2n) is 4.65.